The Morgan fingerprint density at radius 1 is 0.836 bits per heavy atom. The number of aliphatic hydroxyl groups excluding tert-OH is 1. The van der Waals surface area contributed by atoms with Crippen molar-refractivity contribution in [2.75, 3.05) is 60.0 Å². The summed E-state index contributed by atoms with van der Waals surface area (Å²) in [5, 5.41) is 15.1. The number of methoxy groups -OCH3 is 1. The summed E-state index contributed by atoms with van der Waals surface area (Å²) < 4.78 is 27.6. The Labute approximate surface area is 323 Å². The fourth-order valence-electron chi connectivity index (χ4n) is 7.80. The third kappa shape index (κ3) is 8.83. The molecule has 12 heteroatoms. The number of nitrogens with zero attached hydrogens (tertiary/aromatic N) is 3. The Morgan fingerprint density at radius 2 is 1.47 bits per heavy atom. The Kier molecular flexibility index (Phi) is 13.1. The number of nitrogens with one attached hydrogen (secondary N) is 1. The Balaban J connectivity index is 1.19. The first kappa shape index (κ1) is 40.2. The summed E-state index contributed by atoms with van der Waals surface area (Å²) in [5.74, 6) is 0.0707. The molecule has 0 saturated carbocycles. The topological polar surface area (TPSA) is 150 Å². The molecule has 6 aliphatic rings. The number of ether oxygens (including phenoxy) is 5. The molecule has 0 unspecified atom stereocenters. The predicted molar refractivity (Wildman–Crippen MR) is 212 cm³/mol. The van der Waals surface area contributed by atoms with Gasteiger partial charge in [-0.25, -0.2) is 15.0 Å². The van der Waals surface area contributed by atoms with Crippen LogP contribution >= 0.6 is 0 Å². The number of carbonyl (C=O) groups is 2. The largest absolute Gasteiger partial charge is 0.511 e. The number of Topliss-reactive ketones (excluding diaryl/α,β-unsaturated/α-hetero) is 1. The van der Waals surface area contributed by atoms with Gasteiger partial charge in [-0.2, -0.15) is 0 Å². The molecule has 6 rings (SSSR count). The molecule has 1 fully saturated rings. The van der Waals surface area contributed by atoms with Crippen LogP contribution in [0.25, 0.3) is 0 Å². The van der Waals surface area contributed by atoms with Crippen LogP contribution in [-0.4, -0.2) is 94.0 Å². The lowest BCUT2D eigenvalue weighted by Gasteiger charge is -2.17. The van der Waals surface area contributed by atoms with Crippen molar-refractivity contribution in [1.82, 2.24) is 5.32 Å². The second-order valence-electron chi connectivity index (χ2n) is 14.6. The van der Waals surface area contributed by atoms with E-state index in [-0.39, 0.29) is 43.2 Å². The maximum atomic E-state index is 13.0. The van der Waals surface area contributed by atoms with Crippen molar-refractivity contribution < 1.29 is 38.4 Å². The summed E-state index contributed by atoms with van der Waals surface area (Å²) in [7, 11) is 1.70. The first-order chi connectivity index (χ1) is 26.5. The van der Waals surface area contributed by atoms with Gasteiger partial charge in [-0.1, -0.05) is 13.8 Å². The Morgan fingerprint density at radius 3 is 2.15 bits per heavy atom. The zero-order valence-corrected chi connectivity index (χ0v) is 33.2. The molecule has 0 radical (unpaired) electrons. The SMILES string of the molecule is CCC1=C(C)C2=NC1=CC1=C(C)C3=C(O)CC(=C4NC(=CC5=NC(=C2)C(COC)=C5C)[C@@H](C)[C@@H]4CCC(=O)OCCOCCOCCOCCC(C)=O)C3=N1. The number of aliphatic hydroxyl groups is 1. The van der Waals surface area contributed by atoms with Crippen molar-refractivity contribution in [2.24, 2.45) is 26.8 Å². The van der Waals surface area contributed by atoms with Gasteiger partial charge in [-0.3, -0.25) is 9.59 Å². The van der Waals surface area contributed by atoms with Crippen molar-refractivity contribution in [3.05, 3.63) is 91.5 Å². The highest BCUT2D eigenvalue weighted by atomic mass is 16.6. The smallest absolute Gasteiger partial charge is 0.305 e. The standard InChI is InChI=1S/C43H54N4O8/c1-8-29-25(3)34-21-38-32(23-51-7)27(5)33(45-38)20-35-26(4)30(9-10-40(50)55-18-17-54-16-15-53-14-13-52-12-11-24(2)48)42(46-35)31-19-39(49)41-28(6)36(47-43(31)41)22-37(29)44-34/h20-22,26,30,46,49H,8-19,23H2,1-7H3/t26-,30-/m0/s1. The van der Waals surface area contributed by atoms with Crippen LogP contribution < -0.4 is 5.32 Å². The normalized spacial score (nSPS) is 21.7. The number of carbonyl (C=O) groups excluding carboxylic acids is 2. The summed E-state index contributed by atoms with van der Waals surface area (Å²) in [6.45, 7) is 14.9. The summed E-state index contributed by atoms with van der Waals surface area (Å²) in [6, 6.07) is 0. The molecule has 1 saturated heterocycles. The molecule has 12 nitrogen and oxygen atoms in total. The summed E-state index contributed by atoms with van der Waals surface area (Å²) in [5.41, 5.74) is 13.9. The highest BCUT2D eigenvalue weighted by Crippen LogP contribution is 2.46. The third-order valence-electron chi connectivity index (χ3n) is 11.0. The number of hydrogen-bond acceptors (Lipinski definition) is 12. The van der Waals surface area contributed by atoms with Crippen molar-refractivity contribution in [3.63, 3.8) is 0 Å². The van der Waals surface area contributed by atoms with Crippen LogP contribution in [0.4, 0.5) is 0 Å². The molecule has 5 aliphatic heterocycles. The van der Waals surface area contributed by atoms with Gasteiger partial charge >= 0.3 is 5.97 Å². The number of aliphatic imine (C=N–C) groups is 3. The summed E-state index contributed by atoms with van der Waals surface area (Å²) >= 11 is 0. The molecular formula is C43H54N4O8. The average Bonchev–Trinajstić information content (AvgIpc) is 3.90. The van der Waals surface area contributed by atoms with Gasteiger partial charge in [0.2, 0.25) is 0 Å². The zero-order valence-electron chi connectivity index (χ0n) is 33.2. The molecule has 0 spiro atoms. The van der Waals surface area contributed by atoms with E-state index in [0.717, 1.165) is 91.1 Å². The average molecular weight is 755 g/mol. The fourth-order valence-corrected chi connectivity index (χ4v) is 7.80. The minimum atomic E-state index is -0.294. The van der Waals surface area contributed by atoms with Crippen LogP contribution in [0.1, 0.15) is 73.6 Å². The molecule has 1 aliphatic carbocycles. The molecule has 0 aromatic rings. The second kappa shape index (κ2) is 18.0. The number of ketones is 1. The van der Waals surface area contributed by atoms with Crippen LogP contribution in [0, 0.1) is 11.8 Å². The van der Waals surface area contributed by atoms with Crippen molar-refractivity contribution >= 4 is 28.9 Å². The highest BCUT2D eigenvalue weighted by molar-refractivity contribution is 6.21. The van der Waals surface area contributed by atoms with Gasteiger partial charge in [0.25, 0.3) is 0 Å². The second-order valence-corrected chi connectivity index (χ2v) is 14.6. The maximum absolute atomic E-state index is 13.0. The van der Waals surface area contributed by atoms with Gasteiger partial charge in [0.1, 0.15) is 18.1 Å². The van der Waals surface area contributed by atoms with E-state index in [1.54, 1.807) is 7.11 Å². The first-order valence-corrected chi connectivity index (χ1v) is 19.4. The first-order valence-electron chi connectivity index (χ1n) is 19.4. The maximum Gasteiger partial charge on any atom is 0.305 e. The van der Waals surface area contributed by atoms with E-state index in [0.29, 0.717) is 64.7 Å². The lowest BCUT2D eigenvalue weighted by molar-refractivity contribution is -0.145. The molecule has 294 valence electrons. The van der Waals surface area contributed by atoms with Gasteiger partial charge in [-0.15, -0.1) is 0 Å². The van der Waals surface area contributed by atoms with Crippen molar-refractivity contribution in [3.8, 4) is 0 Å². The van der Waals surface area contributed by atoms with Crippen LogP contribution in [-0.2, 0) is 33.3 Å². The number of esters is 1. The molecule has 0 aromatic carbocycles. The zero-order chi connectivity index (χ0) is 39.2. The summed E-state index contributed by atoms with van der Waals surface area (Å²) in [6.07, 6.45) is 8.56. The fraction of sp³-hybridized carbons (Fsp3) is 0.512. The number of rotatable bonds is 18. The minimum absolute atomic E-state index is 0.0183. The molecule has 55 heavy (non-hydrogen) atoms. The lowest BCUT2D eigenvalue weighted by Crippen LogP contribution is -2.17. The highest BCUT2D eigenvalue weighted by Gasteiger charge is 2.41. The van der Waals surface area contributed by atoms with Gasteiger partial charge in [-0.05, 0) is 81.1 Å². The van der Waals surface area contributed by atoms with E-state index < -0.39 is 0 Å². The van der Waals surface area contributed by atoms with E-state index in [1.807, 2.05) is 13.0 Å². The quantitative estimate of drug-likeness (QED) is 0.116. The molecule has 5 heterocycles. The van der Waals surface area contributed by atoms with E-state index in [1.165, 1.54) is 6.92 Å². The van der Waals surface area contributed by atoms with Crippen LogP contribution in [0.3, 0.4) is 0 Å². The Hall–Kier alpha value is -4.49. The number of fused-ring (bicyclic) bond motifs is 5. The molecule has 0 aromatic heterocycles. The van der Waals surface area contributed by atoms with Gasteiger partial charge < -0.3 is 34.1 Å². The Bertz CT molecular complexity index is 1960. The number of hydrogen-bond donors (Lipinski definition) is 2. The number of allylic oxidation sites excluding steroid dienone is 11. The van der Waals surface area contributed by atoms with E-state index >= 15 is 0 Å². The van der Waals surface area contributed by atoms with Crippen molar-refractivity contribution in [1.29, 1.82) is 0 Å². The van der Waals surface area contributed by atoms with E-state index in [4.69, 9.17) is 38.7 Å². The molecule has 8 bridgehead atoms. The van der Waals surface area contributed by atoms with Crippen molar-refractivity contribution in [2.45, 2.75) is 73.6 Å². The molecule has 0 amide bonds. The van der Waals surface area contributed by atoms with Gasteiger partial charge in [0.05, 0.1) is 80.5 Å². The monoisotopic (exact) mass is 754 g/mol. The van der Waals surface area contributed by atoms with Gasteiger partial charge in [0.15, 0.2) is 0 Å². The predicted octanol–water partition coefficient (Wildman–Crippen LogP) is 6.66. The van der Waals surface area contributed by atoms with Crippen LogP contribution in [0.15, 0.2) is 106 Å². The van der Waals surface area contributed by atoms with Crippen LogP contribution in [0.5, 0.6) is 0 Å². The van der Waals surface area contributed by atoms with E-state index in [9.17, 15) is 14.7 Å². The molecule has 2 atom stereocenters. The lowest BCUT2D eigenvalue weighted by atomic mass is 9.86. The molecule has 2 N–H and O–H groups in total. The van der Waals surface area contributed by atoms with Crippen LogP contribution in [0.2, 0.25) is 0 Å². The molecular weight excluding hydrogens is 700 g/mol. The minimum Gasteiger partial charge on any atom is -0.511 e. The third-order valence-corrected chi connectivity index (χ3v) is 11.0. The summed E-state index contributed by atoms with van der Waals surface area (Å²) in [4.78, 5) is 39.3. The van der Waals surface area contributed by atoms with E-state index in [2.05, 4.69) is 45.2 Å². The van der Waals surface area contributed by atoms with Gasteiger partial charge in [0, 0.05) is 66.3 Å².